The van der Waals surface area contributed by atoms with Crippen LogP contribution in [0.25, 0.3) is 6.08 Å². The van der Waals surface area contributed by atoms with Crippen LogP contribution in [0.2, 0.25) is 0 Å². The molecule has 1 fully saturated rings. The lowest BCUT2D eigenvalue weighted by Gasteiger charge is -2.29. The summed E-state index contributed by atoms with van der Waals surface area (Å²) in [6.07, 6.45) is 5.35. The molecular formula is C22H21ClN2O. The van der Waals surface area contributed by atoms with E-state index in [1.165, 1.54) is 11.1 Å². The topological polar surface area (TPSA) is 32.7 Å². The van der Waals surface area contributed by atoms with Gasteiger partial charge in [0.25, 0.3) is 5.91 Å². The Morgan fingerprint density at radius 1 is 1.12 bits per heavy atom. The first-order chi connectivity index (χ1) is 12.8. The number of hydrazone groups is 1. The first-order valence-corrected chi connectivity index (χ1v) is 9.59. The highest BCUT2D eigenvalue weighted by atomic mass is 35.5. The number of amides is 1. The van der Waals surface area contributed by atoms with E-state index in [1.807, 2.05) is 36.4 Å². The number of hydrogen-bond donors (Lipinski definition) is 0. The SMILES string of the molecule is O=C(CCl)N1N=C2/C(=C/c3ccccc3)CCC[C@@H]2[C@@H]1c1ccccc1. The van der Waals surface area contributed by atoms with E-state index >= 15 is 0 Å². The van der Waals surface area contributed by atoms with Crippen LogP contribution in [-0.2, 0) is 4.79 Å². The Hall–Kier alpha value is -2.39. The number of benzene rings is 2. The first kappa shape index (κ1) is 17.0. The molecule has 132 valence electrons. The minimum atomic E-state index is -0.138. The summed E-state index contributed by atoms with van der Waals surface area (Å²) in [6.45, 7) is 0. The van der Waals surface area contributed by atoms with Crippen molar-refractivity contribution < 1.29 is 4.79 Å². The van der Waals surface area contributed by atoms with Crippen LogP contribution >= 0.6 is 11.6 Å². The number of carbonyl (C=O) groups is 1. The van der Waals surface area contributed by atoms with Gasteiger partial charge in [-0.25, -0.2) is 5.01 Å². The van der Waals surface area contributed by atoms with Gasteiger partial charge in [0.05, 0.1) is 11.8 Å². The molecule has 1 saturated carbocycles. The van der Waals surface area contributed by atoms with Crippen LogP contribution in [0.3, 0.4) is 0 Å². The maximum Gasteiger partial charge on any atom is 0.258 e. The summed E-state index contributed by atoms with van der Waals surface area (Å²) in [6, 6.07) is 20.4. The summed E-state index contributed by atoms with van der Waals surface area (Å²) >= 11 is 5.87. The lowest BCUT2D eigenvalue weighted by Crippen LogP contribution is -2.32. The maximum atomic E-state index is 12.5. The Balaban J connectivity index is 1.74. The van der Waals surface area contributed by atoms with Crippen LogP contribution in [-0.4, -0.2) is 22.5 Å². The highest BCUT2D eigenvalue weighted by Gasteiger charge is 2.43. The van der Waals surface area contributed by atoms with Gasteiger partial charge in [-0.05, 0) is 42.0 Å². The molecule has 0 spiro atoms. The van der Waals surface area contributed by atoms with Crippen LogP contribution in [0.15, 0.2) is 71.3 Å². The fourth-order valence-electron chi connectivity index (χ4n) is 4.00. The third-order valence-corrected chi connectivity index (χ3v) is 5.38. The van der Waals surface area contributed by atoms with Crippen molar-refractivity contribution in [3.63, 3.8) is 0 Å². The highest BCUT2D eigenvalue weighted by molar-refractivity contribution is 6.27. The lowest BCUT2D eigenvalue weighted by molar-refractivity contribution is -0.130. The number of hydrogen-bond acceptors (Lipinski definition) is 2. The van der Waals surface area contributed by atoms with Gasteiger partial charge in [-0.15, -0.1) is 11.6 Å². The molecule has 1 aliphatic carbocycles. The molecule has 0 N–H and O–H groups in total. The van der Waals surface area contributed by atoms with Crippen molar-refractivity contribution >= 4 is 29.3 Å². The molecule has 26 heavy (non-hydrogen) atoms. The zero-order valence-corrected chi connectivity index (χ0v) is 15.3. The van der Waals surface area contributed by atoms with Crippen LogP contribution in [0, 0.1) is 5.92 Å². The number of halogens is 1. The van der Waals surface area contributed by atoms with Crippen LogP contribution in [0.5, 0.6) is 0 Å². The van der Waals surface area contributed by atoms with E-state index in [0.717, 1.165) is 30.5 Å². The average Bonchev–Trinajstić information content (AvgIpc) is 3.09. The summed E-state index contributed by atoms with van der Waals surface area (Å²) < 4.78 is 0. The van der Waals surface area contributed by atoms with E-state index in [-0.39, 0.29) is 23.7 Å². The van der Waals surface area contributed by atoms with Gasteiger partial charge in [-0.1, -0.05) is 60.7 Å². The summed E-state index contributed by atoms with van der Waals surface area (Å²) in [7, 11) is 0. The molecular weight excluding hydrogens is 344 g/mol. The van der Waals surface area contributed by atoms with Crippen LogP contribution < -0.4 is 0 Å². The van der Waals surface area contributed by atoms with Crippen LogP contribution in [0.1, 0.15) is 36.4 Å². The van der Waals surface area contributed by atoms with Crippen molar-refractivity contribution in [1.82, 2.24) is 5.01 Å². The zero-order chi connectivity index (χ0) is 17.9. The fraction of sp³-hybridized carbons (Fsp3) is 0.273. The number of rotatable bonds is 3. The largest absolute Gasteiger partial charge is 0.272 e. The van der Waals surface area contributed by atoms with Crippen molar-refractivity contribution in [2.75, 3.05) is 5.88 Å². The van der Waals surface area contributed by atoms with Crippen molar-refractivity contribution in [3.05, 3.63) is 77.4 Å². The van der Waals surface area contributed by atoms with Crippen molar-refractivity contribution in [2.45, 2.75) is 25.3 Å². The predicted molar refractivity (Wildman–Crippen MR) is 106 cm³/mol. The number of fused-ring (bicyclic) bond motifs is 1. The van der Waals surface area contributed by atoms with E-state index < -0.39 is 0 Å². The monoisotopic (exact) mass is 364 g/mol. The van der Waals surface area contributed by atoms with E-state index in [0.29, 0.717) is 0 Å². The highest BCUT2D eigenvalue weighted by Crippen LogP contribution is 2.44. The second kappa shape index (κ2) is 7.46. The summed E-state index contributed by atoms with van der Waals surface area (Å²) in [5, 5.41) is 6.38. The van der Waals surface area contributed by atoms with Gasteiger partial charge in [0.2, 0.25) is 0 Å². The molecule has 0 saturated heterocycles. The minimum absolute atomic E-state index is 0.0510. The molecule has 1 amide bonds. The van der Waals surface area contributed by atoms with E-state index in [1.54, 1.807) is 5.01 Å². The Morgan fingerprint density at radius 3 is 2.50 bits per heavy atom. The molecule has 0 radical (unpaired) electrons. The first-order valence-electron chi connectivity index (χ1n) is 9.05. The maximum absolute atomic E-state index is 12.5. The Morgan fingerprint density at radius 2 is 1.81 bits per heavy atom. The molecule has 4 heteroatoms. The quantitative estimate of drug-likeness (QED) is 0.701. The Kier molecular flexibility index (Phi) is 4.89. The summed E-state index contributed by atoms with van der Waals surface area (Å²) in [5.41, 5.74) is 4.57. The van der Waals surface area contributed by atoms with Gasteiger partial charge in [0, 0.05) is 5.92 Å². The normalized spacial score (nSPS) is 23.7. The smallest absolute Gasteiger partial charge is 0.258 e. The van der Waals surface area contributed by atoms with E-state index in [2.05, 4.69) is 30.3 Å². The van der Waals surface area contributed by atoms with Gasteiger partial charge in [0.1, 0.15) is 5.88 Å². The molecule has 2 aromatic carbocycles. The van der Waals surface area contributed by atoms with Gasteiger partial charge in [-0.2, -0.15) is 5.10 Å². The number of carbonyl (C=O) groups excluding carboxylic acids is 1. The molecule has 0 aromatic heterocycles. The van der Waals surface area contributed by atoms with Crippen molar-refractivity contribution in [2.24, 2.45) is 11.0 Å². The molecule has 1 aliphatic heterocycles. The second-order valence-corrected chi connectivity index (χ2v) is 7.06. The molecule has 2 atom stereocenters. The van der Waals surface area contributed by atoms with Gasteiger partial charge < -0.3 is 0 Å². The average molecular weight is 365 g/mol. The molecule has 0 unspecified atom stereocenters. The fourth-order valence-corrected chi connectivity index (χ4v) is 4.12. The van der Waals surface area contributed by atoms with Gasteiger partial charge in [-0.3, -0.25) is 4.79 Å². The standard InChI is InChI=1S/C22H21ClN2O/c23-15-20(26)25-22(17-10-5-2-6-11-17)19-13-7-12-18(21(19)24-25)14-16-8-3-1-4-9-16/h1-6,8-11,14,19,22H,7,12-13,15H2/b18-14+/t19-,22-/m0/s1. The van der Waals surface area contributed by atoms with Crippen molar-refractivity contribution in [3.8, 4) is 0 Å². The molecule has 1 heterocycles. The molecule has 3 nitrogen and oxygen atoms in total. The third-order valence-electron chi connectivity index (χ3n) is 5.15. The Bertz CT molecular complexity index is 845. The van der Waals surface area contributed by atoms with Gasteiger partial charge in [0.15, 0.2) is 0 Å². The predicted octanol–water partition coefficient (Wildman–Crippen LogP) is 5.05. The van der Waals surface area contributed by atoms with Gasteiger partial charge >= 0.3 is 0 Å². The molecule has 2 aliphatic rings. The minimum Gasteiger partial charge on any atom is -0.272 e. The second-order valence-electron chi connectivity index (χ2n) is 6.79. The Labute approximate surface area is 159 Å². The summed E-state index contributed by atoms with van der Waals surface area (Å²) in [5.74, 6) is 0.0413. The lowest BCUT2D eigenvalue weighted by atomic mass is 9.77. The van der Waals surface area contributed by atoms with E-state index in [4.69, 9.17) is 16.7 Å². The molecule has 0 bridgehead atoms. The number of nitrogens with zero attached hydrogens (tertiary/aromatic N) is 2. The summed E-state index contributed by atoms with van der Waals surface area (Å²) in [4.78, 5) is 12.5. The van der Waals surface area contributed by atoms with Crippen LogP contribution in [0.4, 0.5) is 0 Å². The zero-order valence-electron chi connectivity index (χ0n) is 14.5. The van der Waals surface area contributed by atoms with E-state index in [9.17, 15) is 4.79 Å². The third kappa shape index (κ3) is 3.19. The molecule has 4 rings (SSSR count). The molecule has 2 aromatic rings. The number of alkyl halides is 1. The van der Waals surface area contributed by atoms with Crippen molar-refractivity contribution in [1.29, 1.82) is 0 Å². The number of allylic oxidation sites excluding steroid dienone is 1.